The van der Waals surface area contributed by atoms with E-state index in [2.05, 4.69) is 10.3 Å². The maximum absolute atomic E-state index is 12.4. The van der Waals surface area contributed by atoms with E-state index < -0.39 is 0 Å². The number of thiazole rings is 1. The number of nitrogens with zero attached hydrogens (tertiary/aromatic N) is 2. The topological polar surface area (TPSA) is 45.2 Å². The van der Waals surface area contributed by atoms with Crippen LogP contribution in [0.3, 0.4) is 0 Å². The van der Waals surface area contributed by atoms with E-state index in [1.807, 2.05) is 63.2 Å². The van der Waals surface area contributed by atoms with Crippen molar-refractivity contribution in [3.8, 4) is 0 Å². The van der Waals surface area contributed by atoms with E-state index in [-0.39, 0.29) is 11.9 Å². The Morgan fingerprint density at radius 2 is 2.09 bits per heavy atom. The highest BCUT2D eigenvalue weighted by Crippen LogP contribution is 2.17. The highest BCUT2D eigenvalue weighted by atomic mass is 32.1. The first-order chi connectivity index (χ1) is 10.4. The number of amides is 1. The largest absolute Gasteiger partial charge is 0.324 e. The third kappa shape index (κ3) is 4.15. The van der Waals surface area contributed by atoms with Gasteiger partial charge in [0.05, 0.1) is 16.7 Å². The van der Waals surface area contributed by atoms with Crippen molar-refractivity contribution in [2.24, 2.45) is 0 Å². The second kappa shape index (κ2) is 7.03. The van der Waals surface area contributed by atoms with Crippen LogP contribution < -0.4 is 5.32 Å². The van der Waals surface area contributed by atoms with Gasteiger partial charge in [-0.15, -0.1) is 11.3 Å². The van der Waals surface area contributed by atoms with Crippen molar-refractivity contribution in [1.29, 1.82) is 0 Å². The summed E-state index contributed by atoms with van der Waals surface area (Å²) >= 11 is 1.63. The fourth-order valence-corrected chi connectivity index (χ4v) is 2.78. The number of hydrogen-bond acceptors (Lipinski definition) is 4. The predicted octanol–water partition coefficient (Wildman–Crippen LogP) is 3.53. The molecule has 1 amide bonds. The van der Waals surface area contributed by atoms with Crippen molar-refractivity contribution in [3.05, 3.63) is 45.4 Å². The predicted molar refractivity (Wildman–Crippen MR) is 92.3 cm³/mol. The molecule has 4 nitrogen and oxygen atoms in total. The van der Waals surface area contributed by atoms with E-state index >= 15 is 0 Å². The van der Waals surface area contributed by atoms with Crippen LogP contribution in [0.4, 0.5) is 5.69 Å². The van der Waals surface area contributed by atoms with Gasteiger partial charge in [-0.25, -0.2) is 4.98 Å². The molecular formula is C17H23N3OS. The molecule has 0 spiro atoms. The van der Waals surface area contributed by atoms with E-state index in [0.29, 0.717) is 6.54 Å². The quantitative estimate of drug-likeness (QED) is 0.917. The zero-order valence-electron chi connectivity index (χ0n) is 13.8. The van der Waals surface area contributed by atoms with Crippen LogP contribution >= 0.6 is 11.3 Å². The highest BCUT2D eigenvalue weighted by molar-refractivity contribution is 7.09. The van der Waals surface area contributed by atoms with Crippen LogP contribution in [0.15, 0.2) is 23.6 Å². The van der Waals surface area contributed by atoms with Gasteiger partial charge in [0.2, 0.25) is 5.91 Å². The molecule has 1 aromatic carbocycles. The summed E-state index contributed by atoms with van der Waals surface area (Å²) < 4.78 is 0. The molecule has 118 valence electrons. The van der Waals surface area contributed by atoms with Crippen molar-refractivity contribution in [2.75, 3.05) is 12.4 Å². The maximum atomic E-state index is 12.4. The standard InChI is InChI=1S/C17H23N3OS/c1-11-6-7-12(2)16(8-11)19-17(21)13(3)20(5)9-15-10-22-14(4)18-15/h6-8,10,13H,9H2,1-5H3,(H,19,21). The molecule has 5 heteroatoms. The first kappa shape index (κ1) is 16.6. The first-order valence-corrected chi connectivity index (χ1v) is 8.24. The minimum absolute atomic E-state index is 0.00292. The Bertz CT molecular complexity index is 666. The third-order valence-corrected chi connectivity index (χ3v) is 4.59. The van der Waals surface area contributed by atoms with Gasteiger partial charge in [-0.1, -0.05) is 12.1 Å². The first-order valence-electron chi connectivity index (χ1n) is 7.36. The number of anilines is 1. The minimum Gasteiger partial charge on any atom is -0.324 e. The number of carbonyl (C=O) groups excluding carboxylic acids is 1. The summed E-state index contributed by atoms with van der Waals surface area (Å²) in [6.45, 7) is 8.60. The number of aromatic nitrogens is 1. The minimum atomic E-state index is -0.220. The molecule has 0 fully saturated rings. The number of aryl methyl sites for hydroxylation is 3. The Morgan fingerprint density at radius 1 is 1.36 bits per heavy atom. The lowest BCUT2D eigenvalue weighted by molar-refractivity contribution is -0.120. The lowest BCUT2D eigenvalue weighted by atomic mass is 10.1. The number of benzene rings is 1. The van der Waals surface area contributed by atoms with Crippen LogP contribution in [0.2, 0.25) is 0 Å². The van der Waals surface area contributed by atoms with E-state index in [4.69, 9.17) is 0 Å². The second-order valence-corrected chi connectivity index (χ2v) is 6.82. The lowest BCUT2D eigenvalue weighted by Gasteiger charge is -2.23. The zero-order valence-corrected chi connectivity index (χ0v) is 14.6. The molecule has 0 saturated carbocycles. The van der Waals surface area contributed by atoms with Gasteiger partial charge in [0.15, 0.2) is 0 Å². The molecule has 0 aliphatic carbocycles. The molecule has 0 saturated heterocycles. The summed E-state index contributed by atoms with van der Waals surface area (Å²) in [5, 5.41) is 6.12. The molecule has 1 atom stereocenters. The van der Waals surface area contributed by atoms with Crippen molar-refractivity contribution in [3.63, 3.8) is 0 Å². The summed E-state index contributed by atoms with van der Waals surface area (Å²) in [4.78, 5) is 18.9. The molecule has 1 N–H and O–H groups in total. The fourth-order valence-electron chi connectivity index (χ4n) is 2.18. The second-order valence-electron chi connectivity index (χ2n) is 5.76. The van der Waals surface area contributed by atoms with Gasteiger partial charge in [0.25, 0.3) is 0 Å². The Hall–Kier alpha value is -1.72. The molecule has 22 heavy (non-hydrogen) atoms. The monoisotopic (exact) mass is 317 g/mol. The molecule has 0 aliphatic heterocycles. The zero-order chi connectivity index (χ0) is 16.3. The number of nitrogens with one attached hydrogen (secondary N) is 1. The number of hydrogen-bond donors (Lipinski definition) is 1. The van der Waals surface area contributed by atoms with E-state index in [0.717, 1.165) is 27.5 Å². The summed E-state index contributed by atoms with van der Waals surface area (Å²) in [5.74, 6) is 0.00292. The maximum Gasteiger partial charge on any atom is 0.241 e. The molecular weight excluding hydrogens is 294 g/mol. The summed E-state index contributed by atoms with van der Waals surface area (Å²) in [5.41, 5.74) is 4.11. The van der Waals surface area contributed by atoms with Crippen molar-refractivity contribution in [1.82, 2.24) is 9.88 Å². The van der Waals surface area contributed by atoms with E-state index in [9.17, 15) is 4.79 Å². The number of carbonyl (C=O) groups is 1. The van der Waals surface area contributed by atoms with Crippen molar-refractivity contribution in [2.45, 2.75) is 40.3 Å². The van der Waals surface area contributed by atoms with E-state index in [1.165, 1.54) is 0 Å². The van der Waals surface area contributed by atoms with Gasteiger partial charge < -0.3 is 5.32 Å². The van der Waals surface area contributed by atoms with Crippen LogP contribution in [0.1, 0.15) is 28.8 Å². The van der Waals surface area contributed by atoms with Gasteiger partial charge in [-0.2, -0.15) is 0 Å². The van der Waals surface area contributed by atoms with Gasteiger partial charge in [0, 0.05) is 17.6 Å². The van der Waals surface area contributed by atoms with Crippen molar-refractivity contribution < 1.29 is 4.79 Å². The van der Waals surface area contributed by atoms with Crippen LogP contribution in [0.5, 0.6) is 0 Å². The van der Waals surface area contributed by atoms with E-state index in [1.54, 1.807) is 11.3 Å². The number of rotatable bonds is 5. The molecule has 0 bridgehead atoms. The average molecular weight is 317 g/mol. The molecule has 1 unspecified atom stereocenters. The SMILES string of the molecule is Cc1ccc(C)c(NC(=O)C(C)N(C)Cc2csc(C)n2)c1. The Kier molecular flexibility index (Phi) is 5.32. The Labute approximate surface area is 136 Å². The van der Waals surface area contributed by atoms with Crippen LogP contribution in [0.25, 0.3) is 0 Å². The van der Waals surface area contributed by atoms with Crippen molar-refractivity contribution >= 4 is 22.9 Å². The van der Waals surface area contributed by atoms with Gasteiger partial charge in [-0.3, -0.25) is 9.69 Å². The number of likely N-dealkylation sites (N-methyl/N-ethyl adjacent to an activating group) is 1. The normalized spacial score (nSPS) is 12.5. The van der Waals surface area contributed by atoms with Crippen LogP contribution in [-0.4, -0.2) is 28.9 Å². The Morgan fingerprint density at radius 3 is 2.73 bits per heavy atom. The molecule has 2 rings (SSSR count). The van der Waals surface area contributed by atoms with Gasteiger partial charge >= 0.3 is 0 Å². The summed E-state index contributed by atoms with van der Waals surface area (Å²) in [6, 6.07) is 5.86. The molecule has 0 radical (unpaired) electrons. The molecule has 1 heterocycles. The Balaban J connectivity index is 2.00. The summed E-state index contributed by atoms with van der Waals surface area (Å²) in [7, 11) is 1.95. The van der Waals surface area contributed by atoms with Gasteiger partial charge in [-0.05, 0) is 51.9 Å². The average Bonchev–Trinajstić information content (AvgIpc) is 2.87. The van der Waals surface area contributed by atoms with Crippen LogP contribution in [0, 0.1) is 20.8 Å². The highest BCUT2D eigenvalue weighted by Gasteiger charge is 2.19. The van der Waals surface area contributed by atoms with Gasteiger partial charge in [0.1, 0.15) is 0 Å². The smallest absolute Gasteiger partial charge is 0.241 e. The molecule has 0 aliphatic rings. The molecule has 1 aromatic heterocycles. The molecule has 2 aromatic rings. The van der Waals surface area contributed by atoms with Crippen LogP contribution in [-0.2, 0) is 11.3 Å². The third-order valence-electron chi connectivity index (χ3n) is 3.77. The summed E-state index contributed by atoms with van der Waals surface area (Å²) in [6.07, 6.45) is 0. The lowest BCUT2D eigenvalue weighted by Crippen LogP contribution is -2.39. The fraction of sp³-hybridized carbons (Fsp3) is 0.412.